The number of benzene rings is 3. The van der Waals surface area contributed by atoms with E-state index in [1.54, 1.807) is 0 Å². The molecule has 146 valence electrons. The van der Waals surface area contributed by atoms with Gasteiger partial charge in [-0.25, -0.2) is 0 Å². The van der Waals surface area contributed by atoms with Gasteiger partial charge in [-0.15, -0.1) is 0 Å². The fourth-order valence-electron chi connectivity index (χ4n) is 3.37. The van der Waals surface area contributed by atoms with E-state index in [0.717, 1.165) is 0 Å². The molecule has 2 saturated carbocycles. The first-order chi connectivity index (χ1) is 14.4. The van der Waals surface area contributed by atoms with Gasteiger partial charge in [-0.05, 0) is 87.4 Å². The van der Waals surface area contributed by atoms with E-state index in [2.05, 4.69) is 111 Å². The Kier molecular flexibility index (Phi) is 9.67. The molecule has 0 heterocycles. The summed E-state index contributed by atoms with van der Waals surface area (Å²) < 4.78 is 0. The van der Waals surface area contributed by atoms with Crippen LogP contribution in [-0.2, 0) is 17.1 Å². The van der Waals surface area contributed by atoms with Crippen molar-refractivity contribution in [2.75, 3.05) is 0 Å². The van der Waals surface area contributed by atoms with Crippen LogP contribution >= 0.6 is 7.92 Å². The van der Waals surface area contributed by atoms with Gasteiger partial charge in [0.05, 0.1) is 0 Å². The van der Waals surface area contributed by atoms with Crippen molar-refractivity contribution in [2.45, 2.75) is 0 Å². The smallest absolute Gasteiger partial charge is 0.0622 e. The van der Waals surface area contributed by atoms with E-state index in [9.17, 15) is 0 Å². The minimum Gasteiger partial charge on any atom is -0.0622 e. The Morgan fingerprint density at radius 2 is 0.967 bits per heavy atom. The van der Waals surface area contributed by atoms with E-state index in [0.29, 0.717) is 0 Å². The second-order valence-corrected chi connectivity index (χ2v) is 8.84. The van der Waals surface area contributed by atoms with Crippen molar-refractivity contribution < 1.29 is 17.1 Å². The van der Waals surface area contributed by atoms with Crippen LogP contribution in [0.5, 0.6) is 0 Å². The molecular formula is C28H23FeP+2. The van der Waals surface area contributed by atoms with Crippen LogP contribution in [0.1, 0.15) is 0 Å². The van der Waals surface area contributed by atoms with Crippen molar-refractivity contribution in [2.24, 2.45) is 0 Å². The van der Waals surface area contributed by atoms with Gasteiger partial charge in [-0.3, -0.25) is 0 Å². The number of hydrogen-bond donors (Lipinski definition) is 0. The Labute approximate surface area is 194 Å². The molecule has 0 amide bonds. The predicted octanol–water partition coefficient (Wildman–Crippen LogP) is 6.17. The molecule has 10 radical (unpaired) electrons. The Hall–Kier alpha value is -1.39. The topological polar surface area (TPSA) is 0 Å². The molecular weight excluding hydrogens is 423 g/mol. The van der Waals surface area contributed by atoms with E-state index >= 15 is 0 Å². The molecule has 0 aliphatic heterocycles. The zero-order valence-electron chi connectivity index (χ0n) is 16.6. The van der Waals surface area contributed by atoms with E-state index in [1.165, 1.54) is 27.4 Å². The molecule has 30 heavy (non-hydrogen) atoms. The van der Waals surface area contributed by atoms with Gasteiger partial charge in [-0.2, -0.15) is 0 Å². The summed E-state index contributed by atoms with van der Waals surface area (Å²) in [7, 11) is -0.553. The molecule has 2 fully saturated rings. The van der Waals surface area contributed by atoms with Crippen molar-refractivity contribution in [1.82, 2.24) is 0 Å². The van der Waals surface area contributed by atoms with Gasteiger partial charge in [0.15, 0.2) is 0 Å². The summed E-state index contributed by atoms with van der Waals surface area (Å²) in [6.45, 7) is 0. The Bertz CT molecular complexity index is 844. The van der Waals surface area contributed by atoms with Gasteiger partial charge in [-0.1, -0.05) is 84.9 Å². The molecule has 3 aromatic carbocycles. The maximum absolute atomic E-state index is 2.29. The second kappa shape index (κ2) is 12.5. The van der Waals surface area contributed by atoms with Crippen molar-refractivity contribution in [3.05, 3.63) is 148 Å². The summed E-state index contributed by atoms with van der Waals surface area (Å²) in [5.74, 6) is 0. The molecule has 5 rings (SSSR count). The van der Waals surface area contributed by atoms with E-state index in [1.807, 2.05) is 32.1 Å². The first-order valence-electron chi connectivity index (χ1n) is 9.81. The van der Waals surface area contributed by atoms with Gasteiger partial charge >= 0.3 is 17.1 Å². The summed E-state index contributed by atoms with van der Waals surface area (Å²) in [5, 5.41) is 2.80. The molecule has 2 heteroatoms. The molecule has 0 bridgehead atoms. The van der Waals surface area contributed by atoms with Crippen molar-refractivity contribution in [3.63, 3.8) is 0 Å². The van der Waals surface area contributed by atoms with Gasteiger partial charge < -0.3 is 0 Å². The summed E-state index contributed by atoms with van der Waals surface area (Å²) >= 11 is 0. The van der Waals surface area contributed by atoms with Crippen LogP contribution in [0.3, 0.4) is 0 Å². The van der Waals surface area contributed by atoms with Crippen LogP contribution in [0, 0.1) is 63.4 Å². The Balaban J connectivity index is 0.000000376. The molecule has 2 aliphatic rings. The number of rotatable bonds is 4. The third-order valence-corrected chi connectivity index (χ3v) is 7.20. The van der Waals surface area contributed by atoms with Gasteiger partial charge in [0, 0.05) is 5.66 Å². The van der Waals surface area contributed by atoms with E-state index in [-0.39, 0.29) is 17.1 Å². The Morgan fingerprint density at radius 1 is 0.467 bits per heavy atom. The summed E-state index contributed by atoms with van der Waals surface area (Å²) in [4.78, 5) is 0. The van der Waals surface area contributed by atoms with Gasteiger partial charge in [0.1, 0.15) is 0 Å². The molecule has 0 spiro atoms. The van der Waals surface area contributed by atoms with Gasteiger partial charge in [0.25, 0.3) is 0 Å². The van der Waals surface area contributed by atoms with Crippen LogP contribution in [0.25, 0.3) is 11.1 Å². The number of hydrogen-bond acceptors (Lipinski definition) is 0. The molecule has 0 nitrogen and oxygen atoms in total. The monoisotopic (exact) mass is 446 g/mol. The Morgan fingerprint density at radius 3 is 1.57 bits per heavy atom. The molecule has 1 atom stereocenters. The van der Waals surface area contributed by atoms with Crippen molar-refractivity contribution in [1.29, 1.82) is 0 Å². The van der Waals surface area contributed by atoms with Crippen LogP contribution in [0.4, 0.5) is 0 Å². The minimum absolute atomic E-state index is 0. The SMILES string of the molecule is [CH]1[CH][CH][CH][CH]1.[CH]1[CH][CH][C]([P@](c2ccccc2)c2ccccc2-c2ccccc2)[CH]1.[Fe+2]. The fraction of sp³-hybridized carbons (Fsp3) is 0. The standard InChI is InChI=1S/C23H18P.C5H5.Fe/c1-3-11-19(12-4-1)22-17-9-10-18-23(22)24(21-15-7-8-16-21)20-13-5-2-6-14-20;1-2-4-5-3-1;/h1-18H;1-5H;/q;;+2/t24-;;/m0../s1. The van der Waals surface area contributed by atoms with E-state index < -0.39 is 7.92 Å². The zero-order chi connectivity index (χ0) is 19.7. The molecule has 0 unspecified atom stereocenters. The van der Waals surface area contributed by atoms with E-state index in [4.69, 9.17) is 0 Å². The largest absolute Gasteiger partial charge is 2.00 e. The van der Waals surface area contributed by atoms with Crippen molar-refractivity contribution >= 4 is 18.5 Å². The van der Waals surface area contributed by atoms with Crippen LogP contribution in [-0.4, -0.2) is 0 Å². The van der Waals surface area contributed by atoms with Crippen LogP contribution in [0.15, 0.2) is 84.9 Å². The maximum atomic E-state index is 2.29. The minimum atomic E-state index is -0.553. The normalized spacial score (nSPS) is 16.9. The van der Waals surface area contributed by atoms with Crippen molar-refractivity contribution in [3.8, 4) is 11.1 Å². The van der Waals surface area contributed by atoms with Gasteiger partial charge in [0.2, 0.25) is 0 Å². The molecule has 0 N–H and O–H groups in total. The third-order valence-electron chi connectivity index (χ3n) is 4.70. The molecule has 2 aliphatic carbocycles. The molecule has 3 aromatic rings. The maximum Gasteiger partial charge on any atom is 2.00 e. The summed E-state index contributed by atoms with van der Waals surface area (Å²) in [5.41, 5.74) is 4.01. The first-order valence-corrected chi connectivity index (χ1v) is 11.2. The average Bonchev–Trinajstić information content (AvgIpc) is 3.53. The second-order valence-electron chi connectivity index (χ2n) is 6.66. The van der Waals surface area contributed by atoms with Crippen LogP contribution < -0.4 is 10.6 Å². The first kappa shape index (κ1) is 23.3. The summed E-state index contributed by atoms with van der Waals surface area (Å²) in [6.07, 6.45) is 18.8. The third kappa shape index (κ3) is 6.07. The zero-order valence-corrected chi connectivity index (χ0v) is 18.6. The quantitative estimate of drug-likeness (QED) is 0.332. The molecule has 0 saturated heterocycles. The van der Waals surface area contributed by atoms with Crippen LogP contribution in [0.2, 0.25) is 0 Å². The average molecular weight is 446 g/mol. The fourth-order valence-corrected chi connectivity index (χ4v) is 5.84. The summed E-state index contributed by atoms with van der Waals surface area (Å²) in [6, 6.07) is 30.4. The predicted molar refractivity (Wildman–Crippen MR) is 126 cm³/mol. The molecule has 0 aromatic heterocycles.